The number of aromatic nitrogens is 4. The lowest BCUT2D eigenvalue weighted by Crippen LogP contribution is -2.51. The molecule has 0 bridgehead atoms. The number of methoxy groups -OCH3 is 2. The van der Waals surface area contributed by atoms with Crippen molar-refractivity contribution in [2.75, 3.05) is 27.3 Å². The maximum atomic E-state index is 13.6. The lowest BCUT2D eigenvalue weighted by Gasteiger charge is -2.30. The highest BCUT2D eigenvalue weighted by atomic mass is 35.5. The molecule has 14 nitrogen and oxygen atoms in total. The van der Waals surface area contributed by atoms with Gasteiger partial charge in [0.1, 0.15) is 35.1 Å². The van der Waals surface area contributed by atoms with Crippen molar-refractivity contribution in [2.24, 2.45) is 23.7 Å². The molecule has 2 aromatic heterocycles. The molecule has 5 rings (SSSR count). The van der Waals surface area contributed by atoms with Gasteiger partial charge in [-0.25, -0.2) is 19.6 Å². The van der Waals surface area contributed by atoms with Crippen molar-refractivity contribution in [3.8, 4) is 23.7 Å². The summed E-state index contributed by atoms with van der Waals surface area (Å²) in [6.07, 6.45) is 3.42. The van der Waals surface area contributed by atoms with Crippen LogP contribution in [0.15, 0.2) is 30.6 Å². The smallest absolute Gasteiger partial charge is 0.407 e. The third kappa shape index (κ3) is 9.80. The Labute approximate surface area is 326 Å². The molecule has 2 fully saturated rings. The Morgan fingerprint density at radius 1 is 0.764 bits per heavy atom. The number of hydrogen-bond acceptors (Lipinski definition) is 8. The molecule has 1 aromatic carbocycles. The van der Waals surface area contributed by atoms with Gasteiger partial charge in [0.25, 0.3) is 0 Å². The molecule has 4 N–H and O–H groups in total. The van der Waals surface area contributed by atoms with Crippen LogP contribution in [-0.2, 0) is 19.1 Å². The predicted octanol–water partition coefficient (Wildman–Crippen LogP) is 5.17. The number of benzene rings is 1. The van der Waals surface area contributed by atoms with E-state index in [0.717, 1.165) is 12.8 Å². The number of hydrogen-bond donors (Lipinski definition) is 4. The average molecular weight is 773 g/mol. The Kier molecular flexibility index (Phi) is 13.2. The lowest BCUT2D eigenvalue weighted by atomic mass is 10.0. The van der Waals surface area contributed by atoms with Crippen LogP contribution in [0.1, 0.15) is 101 Å². The van der Waals surface area contributed by atoms with E-state index in [1.165, 1.54) is 14.2 Å². The van der Waals surface area contributed by atoms with Gasteiger partial charge >= 0.3 is 12.2 Å². The second kappa shape index (κ2) is 17.8. The first-order valence-electron chi connectivity index (χ1n) is 18.4. The molecule has 2 saturated heterocycles. The average Bonchev–Trinajstić information content (AvgIpc) is 3.97. The van der Waals surface area contributed by atoms with E-state index in [0.29, 0.717) is 52.3 Å². The van der Waals surface area contributed by atoms with Crippen LogP contribution < -0.4 is 10.6 Å². The minimum Gasteiger partial charge on any atom is -0.453 e. The second-order valence-corrected chi connectivity index (χ2v) is 15.4. The number of nitrogens with one attached hydrogen (secondary N) is 4. The fourth-order valence-electron chi connectivity index (χ4n) is 6.96. The zero-order valence-corrected chi connectivity index (χ0v) is 33.2. The lowest BCUT2D eigenvalue weighted by molar-refractivity contribution is -0.136. The minimum atomic E-state index is -0.729. The highest BCUT2D eigenvalue weighted by Crippen LogP contribution is 2.36. The number of rotatable bonds is 8. The summed E-state index contributed by atoms with van der Waals surface area (Å²) in [4.78, 5) is 70.2. The number of ether oxygens (including phenoxy) is 2. The monoisotopic (exact) mass is 772 g/mol. The molecule has 0 radical (unpaired) electrons. The van der Waals surface area contributed by atoms with Crippen LogP contribution in [0, 0.1) is 47.4 Å². The predicted molar refractivity (Wildman–Crippen MR) is 205 cm³/mol. The maximum absolute atomic E-state index is 13.6. The molecule has 55 heavy (non-hydrogen) atoms. The first-order chi connectivity index (χ1) is 26.2. The normalized spacial score (nSPS) is 20.3. The van der Waals surface area contributed by atoms with Crippen LogP contribution in [0.2, 0.25) is 5.02 Å². The molecule has 0 saturated carbocycles. The van der Waals surface area contributed by atoms with Gasteiger partial charge in [-0.15, -0.1) is 0 Å². The van der Waals surface area contributed by atoms with Crippen molar-refractivity contribution in [1.29, 1.82) is 0 Å². The van der Waals surface area contributed by atoms with E-state index in [2.05, 4.69) is 68.1 Å². The van der Waals surface area contributed by atoms with Gasteiger partial charge in [0, 0.05) is 24.2 Å². The Hall–Kier alpha value is -5.47. The van der Waals surface area contributed by atoms with E-state index in [1.807, 2.05) is 33.8 Å². The summed E-state index contributed by atoms with van der Waals surface area (Å²) in [5.74, 6) is 13.5. The van der Waals surface area contributed by atoms with Crippen LogP contribution in [0.5, 0.6) is 0 Å². The summed E-state index contributed by atoms with van der Waals surface area (Å²) in [5.41, 5.74) is 2.44. The molecule has 4 amide bonds. The topological polar surface area (TPSA) is 175 Å². The Morgan fingerprint density at radius 2 is 1.22 bits per heavy atom. The molecule has 0 aliphatic carbocycles. The van der Waals surface area contributed by atoms with Crippen LogP contribution in [0.4, 0.5) is 9.59 Å². The molecule has 6 unspecified atom stereocenters. The number of carbonyl (C=O) groups is 4. The SMILES string of the molecule is COC(=O)NC(C(=O)N1CC(C)CC1c1ncc(C#Cc2ccc(C#Cc3cnc(C4CC(C)CN4C(=O)C(NC(=O)OC)C(C)C)[nH]3)c(Cl)c2)[nH]1)C(C)C. The van der Waals surface area contributed by atoms with Gasteiger partial charge in [-0.3, -0.25) is 9.59 Å². The molecule has 3 aromatic rings. The zero-order valence-electron chi connectivity index (χ0n) is 32.5. The van der Waals surface area contributed by atoms with E-state index in [1.54, 1.807) is 34.3 Å². The summed E-state index contributed by atoms with van der Waals surface area (Å²) in [7, 11) is 2.54. The van der Waals surface area contributed by atoms with E-state index in [-0.39, 0.29) is 47.6 Å². The van der Waals surface area contributed by atoms with Crippen molar-refractivity contribution in [2.45, 2.75) is 78.6 Å². The number of alkyl carbamates (subject to hydrolysis) is 2. The fourth-order valence-corrected chi connectivity index (χ4v) is 7.19. The number of carbonyl (C=O) groups excluding carboxylic acids is 4. The first-order valence-corrected chi connectivity index (χ1v) is 18.8. The molecule has 15 heteroatoms. The Balaban J connectivity index is 1.26. The number of H-pyrrole nitrogens is 2. The molecule has 0 spiro atoms. The number of imidazole rings is 2. The van der Waals surface area contributed by atoms with Crippen LogP contribution in [0.25, 0.3) is 0 Å². The Morgan fingerprint density at radius 3 is 1.64 bits per heavy atom. The molecular formula is C40H49ClN8O6. The van der Waals surface area contributed by atoms with E-state index < -0.39 is 24.3 Å². The number of likely N-dealkylation sites (tertiary alicyclic amines) is 2. The quantitative estimate of drug-likeness (QED) is 0.227. The van der Waals surface area contributed by atoms with Gasteiger partial charge in [-0.2, -0.15) is 0 Å². The third-order valence-corrected chi connectivity index (χ3v) is 10.1. The van der Waals surface area contributed by atoms with E-state index in [9.17, 15) is 19.2 Å². The van der Waals surface area contributed by atoms with E-state index in [4.69, 9.17) is 21.1 Å². The summed E-state index contributed by atoms with van der Waals surface area (Å²) >= 11 is 6.62. The van der Waals surface area contributed by atoms with Gasteiger partial charge in [0.2, 0.25) is 11.8 Å². The summed E-state index contributed by atoms with van der Waals surface area (Å²) < 4.78 is 9.48. The summed E-state index contributed by atoms with van der Waals surface area (Å²) in [6, 6.07) is 3.33. The molecule has 292 valence electrons. The number of aromatic amines is 2. The van der Waals surface area contributed by atoms with Gasteiger partial charge in [0.15, 0.2) is 0 Å². The zero-order chi connectivity index (χ0) is 40.0. The van der Waals surface area contributed by atoms with Gasteiger partial charge in [-0.1, -0.05) is 65.0 Å². The number of nitrogens with zero attached hydrogens (tertiary/aromatic N) is 4. The highest BCUT2D eigenvalue weighted by molar-refractivity contribution is 6.31. The number of amides is 4. The third-order valence-electron chi connectivity index (χ3n) is 9.83. The van der Waals surface area contributed by atoms with Gasteiger partial charge in [0.05, 0.1) is 43.7 Å². The van der Waals surface area contributed by atoms with E-state index >= 15 is 0 Å². The van der Waals surface area contributed by atoms with Gasteiger partial charge in [-0.05, 0) is 66.6 Å². The number of halogens is 1. The molecule has 2 aliphatic rings. The van der Waals surface area contributed by atoms with Crippen molar-refractivity contribution < 1.29 is 28.7 Å². The first kappa shape index (κ1) is 40.7. The van der Waals surface area contributed by atoms with Crippen LogP contribution in [-0.4, -0.2) is 93.1 Å². The summed E-state index contributed by atoms with van der Waals surface area (Å²) in [6.45, 7) is 12.8. The van der Waals surface area contributed by atoms with Crippen molar-refractivity contribution in [3.63, 3.8) is 0 Å². The molecule has 4 heterocycles. The fraction of sp³-hybridized carbons (Fsp3) is 0.500. The molecule has 6 atom stereocenters. The van der Waals surface area contributed by atoms with Crippen LogP contribution >= 0.6 is 11.6 Å². The maximum Gasteiger partial charge on any atom is 0.407 e. The largest absolute Gasteiger partial charge is 0.453 e. The Bertz CT molecular complexity index is 2020. The van der Waals surface area contributed by atoms with Crippen LogP contribution in [0.3, 0.4) is 0 Å². The standard InChI is InChI=1S/C40H49ClN8O6/c1-22(2)33(46-39(52)54-7)37(50)48-20-24(5)15-31(48)35-42-18-28(44-35)13-10-26-9-11-27(30(41)17-26)12-14-29-19-43-36(45-29)32-16-25(6)21-49(32)38(51)34(23(3)4)47-40(53)55-8/h9,11,17-19,22-25,31-34H,15-16,20-21H2,1-8H3,(H,42,44)(H,43,45)(H,46,52)(H,47,53). The van der Waals surface area contributed by atoms with Gasteiger partial charge < -0.3 is 39.9 Å². The summed E-state index contributed by atoms with van der Waals surface area (Å²) in [5, 5.41) is 5.77. The highest BCUT2D eigenvalue weighted by Gasteiger charge is 2.41. The second-order valence-electron chi connectivity index (χ2n) is 15.0. The van der Waals surface area contributed by atoms with Crippen molar-refractivity contribution in [3.05, 3.63) is 69.8 Å². The van der Waals surface area contributed by atoms with Crippen molar-refractivity contribution >= 4 is 35.6 Å². The minimum absolute atomic E-state index is 0.137. The molecule has 2 aliphatic heterocycles. The van der Waals surface area contributed by atoms with Crippen molar-refractivity contribution in [1.82, 2.24) is 40.4 Å². The molecular weight excluding hydrogens is 724 g/mol.